The summed E-state index contributed by atoms with van der Waals surface area (Å²) in [6, 6.07) is 0. The Morgan fingerprint density at radius 1 is 1.50 bits per heavy atom. The normalized spacial score (nSPS) is 9.50. The van der Waals surface area contributed by atoms with Gasteiger partial charge in [0, 0.05) is 18.8 Å². The average molecular weight is 190 g/mol. The molecule has 0 rings (SSSR count). The van der Waals surface area contributed by atoms with E-state index >= 15 is 0 Å². The molecule has 0 fully saturated rings. The number of carbonyl (C=O) groups excluding carboxylic acids is 1. The molecule has 0 aliphatic rings. The van der Waals surface area contributed by atoms with Crippen molar-refractivity contribution in [3.63, 3.8) is 0 Å². The lowest BCUT2D eigenvalue weighted by Crippen LogP contribution is -2.24. The summed E-state index contributed by atoms with van der Waals surface area (Å²) in [6.07, 6.45) is 2.34. The van der Waals surface area contributed by atoms with Gasteiger partial charge in [-0.1, -0.05) is 12.2 Å². The lowest BCUT2D eigenvalue weighted by molar-refractivity contribution is -0.121. The summed E-state index contributed by atoms with van der Waals surface area (Å²) in [5, 5.41) is 2.76. The summed E-state index contributed by atoms with van der Waals surface area (Å²) in [7, 11) is 0. The molecule has 0 heterocycles. The highest BCUT2D eigenvalue weighted by molar-refractivity contribution is 6.17. The van der Waals surface area contributed by atoms with E-state index in [1.54, 1.807) is 0 Å². The molecule has 0 atom stereocenters. The van der Waals surface area contributed by atoms with E-state index < -0.39 is 0 Å². The molecule has 0 bridgehead atoms. The fourth-order valence-electron chi connectivity index (χ4n) is 0.718. The quantitative estimate of drug-likeness (QED) is 0.387. The smallest absolute Gasteiger partial charge is 0.220 e. The van der Waals surface area contributed by atoms with Gasteiger partial charge >= 0.3 is 0 Å². The molecule has 70 valence electrons. The Bertz CT molecular complexity index is 157. The zero-order chi connectivity index (χ0) is 9.40. The largest absolute Gasteiger partial charge is 0.352 e. The summed E-state index contributed by atoms with van der Waals surface area (Å²) >= 11 is 5.47. The second kappa shape index (κ2) is 7.17. The molecule has 12 heavy (non-hydrogen) atoms. The van der Waals surface area contributed by atoms with Crippen LogP contribution in [-0.4, -0.2) is 18.3 Å². The molecule has 3 heteroatoms. The highest BCUT2D eigenvalue weighted by atomic mass is 35.5. The summed E-state index contributed by atoms with van der Waals surface area (Å²) in [5.41, 5.74) is 0.973. The Morgan fingerprint density at radius 3 is 2.67 bits per heavy atom. The predicted molar refractivity (Wildman–Crippen MR) is 52.4 cm³/mol. The van der Waals surface area contributed by atoms with Crippen LogP contribution in [0.4, 0.5) is 0 Å². The zero-order valence-corrected chi connectivity index (χ0v) is 8.28. The van der Waals surface area contributed by atoms with E-state index in [1.165, 1.54) is 0 Å². The van der Waals surface area contributed by atoms with Crippen molar-refractivity contribution < 1.29 is 4.79 Å². The Balaban J connectivity index is 3.28. The number of amides is 1. The molecule has 0 saturated heterocycles. The van der Waals surface area contributed by atoms with Crippen LogP contribution < -0.4 is 5.32 Å². The Labute approximate surface area is 79.0 Å². The van der Waals surface area contributed by atoms with Crippen molar-refractivity contribution in [1.82, 2.24) is 5.32 Å². The topological polar surface area (TPSA) is 29.1 Å². The lowest BCUT2D eigenvalue weighted by Gasteiger charge is -2.03. The van der Waals surface area contributed by atoms with Gasteiger partial charge in [0.25, 0.3) is 0 Å². The first-order chi connectivity index (χ1) is 5.66. The van der Waals surface area contributed by atoms with Crippen molar-refractivity contribution in [1.29, 1.82) is 0 Å². The van der Waals surface area contributed by atoms with E-state index in [1.807, 2.05) is 6.92 Å². The SMILES string of the molecule is C=C(C)CNC(=O)CCCCCl. The molecule has 2 nitrogen and oxygen atoms in total. The minimum absolute atomic E-state index is 0.0862. The van der Waals surface area contributed by atoms with Crippen molar-refractivity contribution in [2.24, 2.45) is 0 Å². The molecule has 0 radical (unpaired) electrons. The summed E-state index contributed by atoms with van der Waals surface area (Å²) < 4.78 is 0. The Morgan fingerprint density at radius 2 is 2.17 bits per heavy atom. The van der Waals surface area contributed by atoms with Crippen LogP contribution in [0.2, 0.25) is 0 Å². The van der Waals surface area contributed by atoms with Gasteiger partial charge < -0.3 is 5.32 Å². The standard InChI is InChI=1S/C9H16ClNO/c1-8(2)7-11-9(12)5-3-4-6-10/h1,3-7H2,2H3,(H,11,12). The van der Waals surface area contributed by atoms with E-state index in [0.717, 1.165) is 18.4 Å². The van der Waals surface area contributed by atoms with E-state index in [9.17, 15) is 4.79 Å². The van der Waals surface area contributed by atoms with E-state index in [4.69, 9.17) is 11.6 Å². The number of nitrogens with one attached hydrogen (secondary N) is 1. The molecule has 1 amide bonds. The van der Waals surface area contributed by atoms with Gasteiger partial charge in [-0.3, -0.25) is 4.79 Å². The number of halogens is 1. The first-order valence-electron chi connectivity index (χ1n) is 4.14. The number of rotatable bonds is 6. The van der Waals surface area contributed by atoms with Crippen molar-refractivity contribution in [2.45, 2.75) is 26.2 Å². The number of hydrogen-bond donors (Lipinski definition) is 1. The first kappa shape index (κ1) is 11.5. The summed E-state index contributed by atoms with van der Waals surface area (Å²) in [6.45, 7) is 6.16. The van der Waals surface area contributed by atoms with Crippen LogP contribution in [0.25, 0.3) is 0 Å². The van der Waals surface area contributed by atoms with Crippen molar-refractivity contribution in [2.75, 3.05) is 12.4 Å². The van der Waals surface area contributed by atoms with Gasteiger partial charge in [0.05, 0.1) is 0 Å². The van der Waals surface area contributed by atoms with Gasteiger partial charge in [-0.2, -0.15) is 0 Å². The number of alkyl halides is 1. The molecule has 0 saturated carbocycles. The van der Waals surface area contributed by atoms with Crippen LogP contribution in [0.5, 0.6) is 0 Å². The molecule has 0 aliphatic carbocycles. The summed E-state index contributed by atoms with van der Waals surface area (Å²) in [4.78, 5) is 11.0. The van der Waals surface area contributed by atoms with E-state index in [2.05, 4.69) is 11.9 Å². The minimum Gasteiger partial charge on any atom is -0.352 e. The molecular weight excluding hydrogens is 174 g/mol. The Hall–Kier alpha value is -0.500. The molecule has 0 unspecified atom stereocenters. The molecule has 0 spiro atoms. The minimum atomic E-state index is 0.0862. The lowest BCUT2D eigenvalue weighted by atomic mass is 10.2. The maximum atomic E-state index is 11.0. The van der Waals surface area contributed by atoms with Crippen LogP contribution in [0, 0.1) is 0 Å². The maximum Gasteiger partial charge on any atom is 0.220 e. The third-order valence-electron chi connectivity index (χ3n) is 1.37. The van der Waals surface area contributed by atoms with Crippen LogP contribution in [0.15, 0.2) is 12.2 Å². The molecule has 0 aromatic rings. The average Bonchev–Trinajstić information content (AvgIpc) is 2.01. The maximum absolute atomic E-state index is 11.0. The van der Waals surface area contributed by atoms with Gasteiger partial charge in [0.2, 0.25) is 5.91 Å². The highest BCUT2D eigenvalue weighted by Crippen LogP contribution is 1.96. The second-order valence-electron chi connectivity index (χ2n) is 2.88. The molecule has 0 aromatic carbocycles. The third kappa shape index (κ3) is 7.61. The number of unbranched alkanes of at least 4 members (excludes halogenated alkanes) is 1. The highest BCUT2D eigenvalue weighted by Gasteiger charge is 1.98. The fraction of sp³-hybridized carbons (Fsp3) is 0.667. The van der Waals surface area contributed by atoms with Crippen molar-refractivity contribution in [3.05, 3.63) is 12.2 Å². The number of hydrogen-bond acceptors (Lipinski definition) is 1. The van der Waals surface area contributed by atoms with Gasteiger partial charge in [-0.15, -0.1) is 11.6 Å². The summed E-state index contributed by atoms with van der Waals surface area (Å²) in [5.74, 6) is 0.719. The first-order valence-corrected chi connectivity index (χ1v) is 4.67. The Kier molecular flexibility index (Phi) is 6.87. The van der Waals surface area contributed by atoms with E-state index in [-0.39, 0.29) is 5.91 Å². The molecule has 0 aliphatic heterocycles. The van der Waals surface area contributed by atoms with Crippen LogP contribution in [0.3, 0.4) is 0 Å². The molecular formula is C9H16ClNO. The van der Waals surface area contributed by atoms with Crippen molar-refractivity contribution in [3.8, 4) is 0 Å². The van der Waals surface area contributed by atoms with Gasteiger partial charge in [-0.25, -0.2) is 0 Å². The van der Waals surface area contributed by atoms with Gasteiger partial charge in [0.15, 0.2) is 0 Å². The van der Waals surface area contributed by atoms with Crippen LogP contribution >= 0.6 is 11.6 Å². The monoisotopic (exact) mass is 189 g/mol. The van der Waals surface area contributed by atoms with E-state index in [0.29, 0.717) is 18.8 Å². The number of carbonyl (C=O) groups is 1. The molecule has 1 N–H and O–H groups in total. The van der Waals surface area contributed by atoms with Crippen molar-refractivity contribution >= 4 is 17.5 Å². The zero-order valence-electron chi connectivity index (χ0n) is 7.53. The second-order valence-corrected chi connectivity index (χ2v) is 3.26. The predicted octanol–water partition coefficient (Wildman–Crippen LogP) is 2.09. The van der Waals surface area contributed by atoms with Crippen LogP contribution in [0.1, 0.15) is 26.2 Å². The third-order valence-corrected chi connectivity index (χ3v) is 1.64. The van der Waals surface area contributed by atoms with Gasteiger partial charge in [-0.05, 0) is 19.8 Å². The van der Waals surface area contributed by atoms with Gasteiger partial charge in [0.1, 0.15) is 0 Å². The fourth-order valence-corrected chi connectivity index (χ4v) is 0.907. The molecule has 0 aromatic heterocycles. The van der Waals surface area contributed by atoms with Crippen LogP contribution in [-0.2, 0) is 4.79 Å².